The van der Waals surface area contributed by atoms with Crippen LogP contribution in [0, 0.1) is 6.92 Å². The van der Waals surface area contributed by atoms with Gasteiger partial charge in [-0.15, -0.1) is 22.7 Å². The summed E-state index contributed by atoms with van der Waals surface area (Å²) >= 11 is 3.02. The average molecular weight is 454 g/mol. The number of aromatic nitrogens is 2. The molecule has 7 nitrogen and oxygen atoms in total. The van der Waals surface area contributed by atoms with Crippen LogP contribution in [0.1, 0.15) is 15.2 Å². The zero-order chi connectivity index (χ0) is 22.1. The number of hydrogen-bond acceptors (Lipinski definition) is 7. The lowest BCUT2D eigenvalue weighted by Crippen LogP contribution is -2.34. The fourth-order valence-electron chi connectivity index (χ4n) is 3.28. The van der Waals surface area contributed by atoms with Crippen molar-refractivity contribution in [2.45, 2.75) is 13.5 Å². The molecule has 0 saturated heterocycles. The maximum atomic E-state index is 13.2. The lowest BCUT2D eigenvalue weighted by Gasteiger charge is -2.20. The van der Waals surface area contributed by atoms with Crippen LogP contribution in [0.5, 0.6) is 0 Å². The first kappa shape index (κ1) is 21.0. The number of thiophene rings is 2. The Morgan fingerprint density at radius 2 is 1.97 bits per heavy atom. The lowest BCUT2D eigenvalue weighted by atomic mass is 10.1. The van der Waals surface area contributed by atoms with Gasteiger partial charge in [0.15, 0.2) is 0 Å². The molecule has 0 N–H and O–H groups in total. The van der Waals surface area contributed by atoms with Crippen LogP contribution >= 0.6 is 22.7 Å². The number of anilines is 1. The summed E-state index contributed by atoms with van der Waals surface area (Å²) in [5.41, 5.74) is 1.25. The molecule has 0 radical (unpaired) electrons. The number of likely N-dealkylation sites (N-methyl/N-ethyl adjacent to an activating group) is 1. The van der Waals surface area contributed by atoms with Crippen molar-refractivity contribution in [2.24, 2.45) is 0 Å². The molecular formula is C22H19N3O4S2. The van der Waals surface area contributed by atoms with Crippen molar-refractivity contribution >= 4 is 50.5 Å². The van der Waals surface area contributed by atoms with Crippen molar-refractivity contribution in [1.82, 2.24) is 9.55 Å². The second kappa shape index (κ2) is 8.44. The molecule has 0 spiro atoms. The van der Waals surface area contributed by atoms with E-state index in [-0.39, 0.29) is 23.6 Å². The summed E-state index contributed by atoms with van der Waals surface area (Å²) in [5.74, 6) is -0.895. The Morgan fingerprint density at radius 3 is 2.68 bits per heavy atom. The molecule has 9 heteroatoms. The largest absolute Gasteiger partial charge is 0.465 e. The Bertz CT molecular complexity index is 1350. The topological polar surface area (TPSA) is 81.5 Å². The van der Waals surface area contributed by atoms with E-state index in [2.05, 4.69) is 4.98 Å². The number of fused-ring (bicyclic) bond motifs is 1. The molecule has 4 aromatic rings. The first-order valence-corrected chi connectivity index (χ1v) is 11.1. The quantitative estimate of drug-likeness (QED) is 0.428. The lowest BCUT2D eigenvalue weighted by molar-refractivity contribution is -0.118. The van der Waals surface area contributed by atoms with Crippen LogP contribution in [0.3, 0.4) is 0 Å². The van der Waals surface area contributed by atoms with Crippen LogP contribution in [0.25, 0.3) is 20.7 Å². The SMILES string of the molecule is COC(=O)c1ccccc1N(C)C(=O)Cn1cnc2scc(-c3ccc(C)s3)c2c1=O. The smallest absolute Gasteiger partial charge is 0.339 e. The third-order valence-electron chi connectivity index (χ3n) is 4.92. The number of carbonyl (C=O) groups excluding carboxylic acids is 2. The Hall–Kier alpha value is -3.30. The Balaban J connectivity index is 1.68. The predicted octanol–water partition coefficient (Wildman–Crippen LogP) is 3.94. The molecule has 0 fully saturated rings. The molecule has 4 rings (SSSR count). The van der Waals surface area contributed by atoms with Gasteiger partial charge in [0, 0.05) is 27.7 Å². The van der Waals surface area contributed by atoms with Crippen LogP contribution in [0.4, 0.5) is 5.69 Å². The van der Waals surface area contributed by atoms with E-state index >= 15 is 0 Å². The second-order valence-corrected chi connectivity index (χ2v) is 9.02. The zero-order valence-corrected chi connectivity index (χ0v) is 18.8. The van der Waals surface area contributed by atoms with E-state index in [0.29, 0.717) is 15.9 Å². The Morgan fingerprint density at radius 1 is 1.19 bits per heavy atom. The van der Waals surface area contributed by atoms with E-state index in [9.17, 15) is 14.4 Å². The number of hydrogen-bond donors (Lipinski definition) is 0. The van der Waals surface area contributed by atoms with Gasteiger partial charge in [-0.2, -0.15) is 0 Å². The Kier molecular flexibility index (Phi) is 5.71. The Labute approximate surface area is 186 Å². The highest BCUT2D eigenvalue weighted by molar-refractivity contribution is 7.19. The first-order chi connectivity index (χ1) is 14.9. The summed E-state index contributed by atoms with van der Waals surface area (Å²) in [6.45, 7) is 1.81. The standard InChI is InChI=1S/C22H19N3O4S2/c1-13-8-9-17(31-13)15-11-30-20-19(15)21(27)25(12-23-20)10-18(26)24(2)16-7-5-4-6-14(16)22(28)29-3/h4-9,11-12H,10H2,1-3H3. The van der Waals surface area contributed by atoms with Gasteiger partial charge in [0.1, 0.15) is 11.4 Å². The fourth-order valence-corrected chi connectivity index (χ4v) is 5.14. The van der Waals surface area contributed by atoms with Crippen LogP contribution in [0.15, 0.2) is 52.9 Å². The number of methoxy groups -OCH3 is 1. The van der Waals surface area contributed by atoms with E-state index < -0.39 is 5.97 Å². The van der Waals surface area contributed by atoms with Crippen LogP contribution in [-0.4, -0.2) is 35.6 Å². The van der Waals surface area contributed by atoms with E-state index in [1.807, 2.05) is 24.4 Å². The molecular weight excluding hydrogens is 434 g/mol. The summed E-state index contributed by atoms with van der Waals surface area (Å²) in [5, 5.41) is 2.44. The van der Waals surface area contributed by atoms with Crippen LogP contribution < -0.4 is 10.5 Å². The van der Waals surface area contributed by atoms with Gasteiger partial charge in [-0.05, 0) is 31.2 Å². The molecule has 3 aromatic heterocycles. The number of ether oxygens (including phenoxy) is 1. The number of para-hydroxylation sites is 1. The van der Waals surface area contributed by atoms with Gasteiger partial charge in [-0.3, -0.25) is 14.2 Å². The van der Waals surface area contributed by atoms with Crippen molar-refractivity contribution in [3.8, 4) is 10.4 Å². The van der Waals surface area contributed by atoms with Gasteiger partial charge in [0.2, 0.25) is 5.91 Å². The molecule has 1 amide bonds. The van der Waals surface area contributed by atoms with Gasteiger partial charge in [0.25, 0.3) is 5.56 Å². The van der Waals surface area contributed by atoms with Gasteiger partial charge in [-0.1, -0.05) is 12.1 Å². The van der Waals surface area contributed by atoms with Crippen molar-refractivity contribution in [3.05, 3.63) is 68.9 Å². The normalized spacial score (nSPS) is 10.9. The maximum Gasteiger partial charge on any atom is 0.339 e. The molecule has 0 aliphatic carbocycles. The third-order valence-corrected chi connectivity index (χ3v) is 6.84. The highest BCUT2D eigenvalue weighted by Crippen LogP contribution is 2.34. The van der Waals surface area contributed by atoms with Gasteiger partial charge < -0.3 is 9.64 Å². The van der Waals surface area contributed by atoms with Crippen LogP contribution in [0.2, 0.25) is 0 Å². The summed E-state index contributed by atoms with van der Waals surface area (Å²) in [4.78, 5) is 46.7. The molecule has 31 heavy (non-hydrogen) atoms. The summed E-state index contributed by atoms with van der Waals surface area (Å²) in [6.07, 6.45) is 1.39. The molecule has 0 unspecified atom stereocenters. The van der Waals surface area contributed by atoms with Gasteiger partial charge in [-0.25, -0.2) is 9.78 Å². The minimum absolute atomic E-state index is 0.202. The highest BCUT2D eigenvalue weighted by Gasteiger charge is 2.21. The van der Waals surface area contributed by atoms with E-state index in [1.54, 1.807) is 42.6 Å². The predicted molar refractivity (Wildman–Crippen MR) is 123 cm³/mol. The molecule has 0 saturated carbocycles. The number of esters is 1. The number of rotatable bonds is 5. The molecule has 1 aromatic carbocycles. The molecule has 0 atom stereocenters. The number of nitrogens with zero attached hydrogens (tertiary/aromatic N) is 3. The fraction of sp³-hybridized carbons (Fsp3) is 0.182. The average Bonchev–Trinajstić information content (AvgIpc) is 3.40. The molecule has 158 valence electrons. The summed E-state index contributed by atoms with van der Waals surface area (Å²) in [7, 11) is 2.85. The number of carbonyl (C=O) groups is 2. The van der Waals surface area contributed by atoms with Crippen molar-refractivity contribution < 1.29 is 14.3 Å². The van der Waals surface area contributed by atoms with Crippen molar-refractivity contribution in [1.29, 1.82) is 0 Å². The van der Waals surface area contributed by atoms with E-state index in [0.717, 1.165) is 15.3 Å². The van der Waals surface area contributed by atoms with E-state index in [4.69, 9.17) is 4.74 Å². The zero-order valence-electron chi connectivity index (χ0n) is 17.1. The minimum atomic E-state index is -0.537. The number of benzene rings is 1. The van der Waals surface area contributed by atoms with Gasteiger partial charge >= 0.3 is 5.97 Å². The van der Waals surface area contributed by atoms with Crippen molar-refractivity contribution in [3.63, 3.8) is 0 Å². The van der Waals surface area contributed by atoms with Crippen LogP contribution in [-0.2, 0) is 16.1 Å². The monoisotopic (exact) mass is 453 g/mol. The highest BCUT2D eigenvalue weighted by atomic mass is 32.1. The third kappa shape index (κ3) is 3.89. The summed E-state index contributed by atoms with van der Waals surface area (Å²) < 4.78 is 6.10. The summed E-state index contributed by atoms with van der Waals surface area (Å²) in [6, 6.07) is 10.7. The number of aryl methyl sites for hydroxylation is 1. The molecule has 3 heterocycles. The number of amides is 1. The van der Waals surface area contributed by atoms with Crippen molar-refractivity contribution in [2.75, 3.05) is 19.1 Å². The minimum Gasteiger partial charge on any atom is -0.465 e. The van der Waals surface area contributed by atoms with Gasteiger partial charge in [0.05, 0.1) is 30.1 Å². The molecule has 0 aliphatic heterocycles. The molecule has 0 bridgehead atoms. The second-order valence-electron chi connectivity index (χ2n) is 6.88. The maximum absolute atomic E-state index is 13.2. The molecule has 0 aliphatic rings. The first-order valence-electron chi connectivity index (χ1n) is 9.38. The van der Waals surface area contributed by atoms with E-state index in [1.165, 1.54) is 34.2 Å².